The molecule has 1 heterocycles. The molecule has 0 aromatic carbocycles. The van der Waals surface area contributed by atoms with Crippen LogP contribution in [0.5, 0.6) is 0 Å². The van der Waals surface area contributed by atoms with E-state index in [-0.39, 0.29) is 12.0 Å². The minimum Gasteiger partial charge on any atom is -0.377 e. The van der Waals surface area contributed by atoms with Crippen molar-refractivity contribution in [2.45, 2.75) is 26.9 Å². The van der Waals surface area contributed by atoms with Crippen LogP contribution in [0.25, 0.3) is 0 Å². The van der Waals surface area contributed by atoms with E-state index in [0.717, 1.165) is 6.54 Å². The van der Waals surface area contributed by atoms with E-state index in [9.17, 15) is 4.79 Å². The van der Waals surface area contributed by atoms with Crippen molar-refractivity contribution in [1.82, 2.24) is 15.5 Å². The summed E-state index contributed by atoms with van der Waals surface area (Å²) in [6.45, 7) is 7.61. The van der Waals surface area contributed by atoms with Gasteiger partial charge in [0.2, 0.25) is 10.1 Å². The SMILES string of the molecule is CCNc1nnc(C(=O)NCCOC(C)C)s1. The fraction of sp³-hybridized carbons (Fsp3) is 0.700. The van der Waals surface area contributed by atoms with Crippen LogP contribution < -0.4 is 10.6 Å². The highest BCUT2D eigenvalue weighted by atomic mass is 32.1. The molecule has 0 unspecified atom stereocenters. The Morgan fingerprint density at radius 1 is 1.47 bits per heavy atom. The summed E-state index contributed by atoms with van der Waals surface area (Å²) in [5.41, 5.74) is 0. The number of anilines is 1. The summed E-state index contributed by atoms with van der Waals surface area (Å²) in [7, 11) is 0. The Morgan fingerprint density at radius 2 is 2.24 bits per heavy atom. The molecule has 0 saturated carbocycles. The maximum absolute atomic E-state index is 11.6. The monoisotopic (exact) mass is 258 g/mol. The van der Waals surface area contributed by atoms with E-state index in [4.69, 9.17) is 4.74 Å². The second-order valence-electron chi connectivity index (χ2n) is 3.62. The van der Waals surface area contributed by atoms with Crippen LogP contribution in [0.2, 0.25) is 0 Å². The van der Waals surface area contributed by atoms with Gasteiger partial charge in [-0.1, -0.05) is 11.3 Å². The Hall–Kier alpha value is -1.21. The molecule has 0 saturated heterocycles. The highest BCUT2D eigenvalue weighted by molar-refractivity contribution is 7.17. The van der Waals surface area contributed by atoms with E-state index in [0.29, 0.717) is 23.3 Å². The Bertz CT molecular complexity index is 354. The quantitative estimate of drug-likeness (QED) is 0.717. The summed E-state index contributed by atoms with van der Waals surface area (Å²) in [6.07, 6.45) is 0.175. The van der Waals surface area contributed by atoms with Crippen molar-refractivity contribution in [2.24, 2.45) is 0 Å². The Balaban J connectivity index is 2.31. The fourth-order valence-electron chi connectivity index (χ4n) is 1.07. The van der Waals surface area contributed by atoms with Crippen molar-refractivity contribution in [3.8, 4) is 0 Å². The standard InChI is InChI=1S/C10H18N4O2S/c1-4-11-10-14-13-9(17-10)8(15)12-5-6-16-7(2)3/h7H,4-6H2,1-3H3,(H,11,14)(H,12,15). The van der Waals surface area contributed by atoms with Crippen molar-refractivity contribution in [3.05, 3.63) is 5.01 Å². The van der Waals surface area contributed by atoms with Gasteiger partial charge < -0.3 is 15.4 Å². The third kappa shape index (κ3) is 5.10. The van der Waals surface area contributed by atoms with Gasteiger partial charge in [-0.15, -0.1) is 10.2 Å². The molecule has 1 aromatic rings. The molecule has 2 N–H and O–H groups in total. The Morgan fingerprint density at radius 3 is 2.88 bits per heavy atom. The van der Waals surface area contributed by atoms with Gasteiger partial charge in [-0.05, 0) is 20.8 Å². The van der Waals surface area contributed by atoms with E-state index >= 15 is 0 Å². The molecule has 17 heavy (non-hydrogen) atoms. The number of hydrogen-bond donors (Lipinski definition) is 2. The smallest absolute Gasteiger partial charge is 0.282 e. The van der Waals surface area contributed by atoms with Gasteiger partial charge >= 0.3 is 0 Å². The third-order valence-electron chi connectivity index (χ3n) is 1.79. The average molecular weight is 258 g/mol. The predicted octanol–water partition coefficient (Wildman–Crippen LogP) is 1.12. The molecular weight excluding hydrogens is 240 g/mol. The molecule has 6 nitrogen and oxygen atoms in total. The second-order valence-corrected chi connectivity index (χ2v) is 4.60. The fourth-order valence-corrected chi connectivity index (χ4v) is 1.80. The number of ether oxygens (including phenoxy) is 1. The lowest BCUT2D eigenvalue weighted by Crippen LogP contribution is -2.27. The molecule has 1 aromatic heterocycles. The molecule has 0 aliphatic heterocycles. The van der Waals surface area contributed by atoms with Crippen molar-refractivity contribution >= 4 is 22.4 Å². The zero-order valence-electron chi connectivity index (χ0n) is 10.3. The van der Waals surface area contributed by atoms with E-state index in [1.54, 1.807) is 0 Å². The molecule has 0 aliphatic carbocycles. The summed E-state index contributed by atoms with van der Waals surface area (Å²) in [5.74, 6) is -0.209. The van der Waals surface area contributed by atoms with Crippen LogP contribution in [-0.4, -0.2) is 41.9 Å². The van der Waals surface area contributed by atoms with Gasteiger partial charge in [-0.2, -0.15) is 0 Å². The number of hydrogen-bond acceptors (Lipinski definition) is 6. The molecule has 96 valence electrons. The maximum Gasteiger partial charge on any atom is 0.282 e. The first kappa shape index (κ1) is 13.9. The number of amides is 1. The number of carbonyl (C=O) groups is 1. The average Bonchev–Trinajstić information content (AvgIpc) is 2.73. The largest absolute Gasteiger partial charge is 0.377 e. The van der Waals surface area contributed by atoms with E-state index in [1.807, 2.05) is 20.8 Å². The van der Waals surface area contributed by atoms with Gasteiger partial charge in [0.25, 0.3) is 5.91 Å². The van der Waals surface area contributed by atoms with Gasteiger partial charge in [-0.25, -0.2) is 0 Å². The molecule has 0 aliphatic rings. The van der Waals surface area contributed by atoms with Gasteiger partial charge in [0.05, 0.1) is 12.7 Å². The van der Waals surface area contributed by atoms with Crippen LogP contribution in [0.3, 0.4) is 0 Å². The van der Waals surface area contributed by atoms with Gasteiger partial charge in [-0.3, -0.25) is 4.79 Å². The van der Waals surface area contributed by atoms with Crippen molar-refractivity contribution in [1.29, 1.82) is 0 Å². The number of nitrogens with one attached hydrogen (secondary N) is 2. The van der Waals surface area contributed by atoms with E-state index < -0.39 is 0 Å². The summed E-state index contributed by atoms with van der Waals surface area (Å²) < 4.78 is 5.31. The Kier molecular flexibility index (Phi) is 5.85. The summed E-state index contributed by atoms with van der Waals surface area (Å²) >= 11 is 1.24. The van der Waals surface area contributed by atoms with Crippen LogP contribution >= 0.6 is 11.3 Å². The van der Waals surface area contributed by atoms with Crippen LogP contribution in [0, 0.1) is 0 Å². The zero-order chi connectivity index (χ0) is 12.7. The summed E-state index contributed by atoms with van der Waals surface area (Å²) in [4.78, 5) is 11.6. The molecule has 0 atom stereocenters. The molecule has 0 radical (unpaired) electrons. The number of carbonyl (C=O) groups excluding carboxylic acids is 1. The molecular formula is C10H18N4O2S. The first-order valence-corrected chi connectivity index (χ1v) is 6.42. The number of nitrogens with zero attached hydrogens (tertiary/aromatic N) is 2. The van der Waals surface area contributed by atoms with Gasteiger partial charge in [0, 0.05) is 13.1 Å². The lowest BCUT2D eigenvalue weighted by Gasteiger charge is -2.07. The van der Waals surface area contributed by atoms with Crippen LogP contribution in [0.1, 0.15) is 30.6 Å². The van der Waals surface area contributed by atoms with Gasteiger partial charge in [0.1, 0.15) is 0 Å². The lowest BCUT2D eigenvalue weighted by molar-refractivity contribution is 0.0746. The number of rotatable bonds is 7. The first-order chi connectivity index (χ1) is 8.13. The van der Waals surface area contributed by atoms with Crippen LogP contribution in [-0.2, 0) is 4.74 Å². The summed E-state index contributed by atoms with van der Waals surface area (Å²) in [6, 6.07) is 0. The van der Waals surface area contributed by atoms with Crippen molar-refractivity contribution in [3.63, 3.8) is 0 Å². The minimum absolute atomic E-state index is 0.175. The normalized spacial score (nSPS) is 10.6. The zero-order valence-corrected chi connectivity index (χ0v) is 11.1. The molecule has 0 spiro atoms. The highest BCUT2D eigenvalue weighted by Crippen LogP contribution is 2.14. The predicted molar refractivity (Wildman–Crippen MR) is 67.5 cm³/mol. The van der Waals surface area contributed by atoms with Crippen molar-refractivity contribution in [2.75, 3.05) is 25.0 Å². The Labute approximate surface area is 105 Å². The van der Waals surface area contributed by atoms with Crippen LogP contribution in [0.4, 0.5) is 5.13 Å². The molecule has 7 heteroatoms. The first-order valence-electron chi connectivity index (χ1n) is 5.60. The molecule has 0 fully saturated rings. The minimum atomic E-state index is -0.209. The number of aromatic nitrogens is 2. The maximum atomic E-state index is 11.6. The van der Waals surface area contributed by atoms with Crippen molar-refractivity contribution < 1.29 is 9.53 Å². The topological polar surface area (TPSA) is 76.1 Å². The van der Waals surface area contributed by atoms with E-state index in [1.165, 1.54) is 11.3 Å². The third-order valence-corrected chi connectivity index (χ3v) is 2.67. The van der Waals surface area contributed by atoms with Gasteiger partial charge in [0.15, 0.2) is 0 Å². The molecule has 0 bridgehead atoms. The highest BCUT2D eigenvalue weighted by Gasteiger charge is 2.11. The second kappa shape index (κ2) is 7.18. The van der Waals surface area contributed by atoms with Crippen LogP contribution in [0.15, 0.2) is 0 Å². The molecule has 1 rings (SSSR count). The summed E-state index contributed by atoms with van der Waals surface area (Å²) in [5, 5.41) is 14.4. The lowest BCUT2D eigenvalue weighted by atomic mass is 10.5. The molecule has 1 amide bonds. The van der Waals surface area contributed by atoms with E-state index in [2.05, 4.69) is 20.8 Å².